The van der Waals surface area contributed by atoms with Crippen molar-refractivity contribution in [1.82, 2.24) is 0 Å². The third-order valence-corrected chi connectivity index (χ3v) is 3.74. The van der Waals surface area contributed by atoms with E-state index in [0.717, 1.165) is 11.1 Å². The predicted octanol–water partition coefficient (Wildman–Crippen LogP) is 2.96. The smallest absolute Gasteiger partial charge is 0.161 e. The van der Waals surface area contributed by atoms with Crippen LogP contribution in [-0.4, -0.2) is 28.4 Å². The molecule has 0 spiro atoms. The highest BCUT2D eigenvalue weighted by Crippen LogP contribution is 2.32. The van der Waals surface area contributed by atoms with Crippen LogP contribution in [0.15, 0.2) is 36.4 Å². The van der Waals surface area contributed by atoms with Crippen LogP contribution in [-0.2, 0) is 6.42 Å². The van der Waals surface area contributed by atoms with Crippen molar-refractivity contribution in [2.75, 3.05) is 28.4 Å². The van der Waals surface area contributed by atoms with Crippen molar-refractivity contribution in [2.24, 2.45) is 5.73 Å². The van der Waals surface area contributed by atoms with Crippen LogP contribution >= 0.6 is 0 Å². The highest BCUT2D eigenvalue weighted by Gasteiger charge is 2.13. The van der Waals surface area contributed by atoms with Gasteiger partial charge in [-0.05, 0) is 41.8 Å². The summed E-state index contributed by atoms with van der Waals surface area (Å²) in [7, 11) is 6.46. The molecule has 2 aromatic rings. The molecule has 0 amide bonds. The maximum Gasteiger partial charge on any atom is 0.161 e. The van der Waals surface area contributed by atoms with E-state index in [9.17, 15) is 0 Å². The minimum Gasteiger partial charge on any atom is -0.493 e. The number of rotatable bonds is 7. The van der Waals surface area contributed by atoms with E-state index >= 15 is 0 Å². The van der Waals surface area contributed by atoms with Gasteiger partial charge >= 0.3 is 0 Å². The molecule has 0 unspecified atom stereocenters. The summed E-state index contributed by atoms with van der Waals surface area (Å²) in [4.78, 5) is 0. The summed E-state index contributed by atoms with van der Waals surface area (Å²) in [5.41, 5.74) is 8.39. The van der Waals surface area contributed by atoms with Crippen molar-refractivity contribution in [1.29, 1.82) is 0 Å². The maximum absolute atomic E-state index is 6.34. The van der Waals surface area contributed by atoms with Crippen LogP contribution in [0, 0.1) is 0 Å². The Morgan fingerprint density at radius 2 is 1.26 bits per heavy atom. The Balaban J connectivity index is 2.20. The molecule has 2 N–H and O–H groups in total. The van der Waals surface area contributed by atoms with Gasteiger partial charge in [-0.1, -0.05) is 12.1 Å². The van der Waals surface area contributed by atoms with E-state index in [2.05, 4.69) is 0 Å². The Kier molecular flexibility index (Phi) is 5.71. The Bertz CT molecular complexity index is 657. The van der Waals surface area contributed by atoms with Gasteiger partial charge in [0.15, 0.2) is 23.0 Å². The van der Waals surface area contributed by atoms with Crippen LogP contribution in [0.25, 0.3) is 0 Å². The predicted molar refractivity (Wildman–Crippen MR) is 89.7 cm³/mol. The third kappa shape index (κ3) is 3.87. The fourth-order valence-electron chi connectivity index (χ4n) is 2.46. The minimum atomic E-state index is -0.159. The van der Waals surface area contributed by atoms with E-state index in [-0.39, 0.29) is 6.04 Å². The van der Waals surface area contributed by atoms with Gasteiger partial charge in [0.05, 0.1) is 28.4 Å². The van der Waals surface area contributed by atoms with Crippen LogP contribution in [0.1, 0.15) is 17.2 Å². The van der Waals surface area contributed by atoms with Crippen molar-refractivity contribution < 1.29 is 18.9 Å². The Morgan fingerprint density at radius 3 is 1.83 bits per heavy atom. The monoisotopic (exact) mass is 317 g/mol. The second-order valence-electron chi connectivity index (χ2n) is 5.11. The molecular weight excluding hydrogens is 294 g/mol. The van der Waals surface area contributed by atoms with Gasteiger partial charge in [-0.3, -0.25) is 0 Å². The zero-order chi connectivity index (χ0) is 16.8. The summed E-state index contributed by atoms with van der Waals surface area (Å²) < 4.78 is 21.2. The molecule has 0 bridgehead atoms. The van der Waals surface area contributed by atoms with Gasteiger partial charge < -0.3 is 24.7 Å². The molecule has 23 heavy (non-hydrogen) atoms. The van der Waals surface area contributed by atoms with Gasteiger partial charge in [-0.15, -0.1) is 0 Å². The molecule has 2 aromatic carbocycles. The van der Waals surface area contributed by atoms with Crippen molar-refractivity contribution in [3.8, 4) is 23.0 Å². The first-order chi connectivity index (χ1) is 11.1. The number of methoxy groups -OCH3 is 4. The Morgan fingerprint density at radius 1 is 0.739 bits per heavy atom. The normalized spacial score (nSPS) is 11.7. The van der Waals surface area contributed by atoms with E-state index in [1.165, 1.54) is 0 Å². The van der Waals surface area contributed by atoms with Crippen LogP contribution in [0.4, 0.5) is 0 Å². The lowest BCUT2D eigenvalue weighted by atomic mass is 9.99. The van der Waals surface area contributed by atoms with Crippen LogP contribution in [0.5, 0.6) is 23.0 Å². The molecule has 0 saturated carbocycles. The SMILES string of the molecule is COc1ccc(C[C@@H](N)c2ccc(OC)c(OC)c2)cc1OC. The Hall–Kier alpha value is -2.40. The molecule has 0 aliphatic heterocycles. The quantitative estimate of drug-likeness (QED) is 0.850. The molecule has 2 rings (SSSR count). The van der Waals surface area contributed by atoms with Crippen molar-refractivity contribution in [3.05, 3.63) is 47.5 Å². The minimum absolute atomic E-state index is 0.159. The second kappa shape index (κ2) is 7.74. The average molecular weight is 317 g/mol. The number of benzene rings is 2. The topological polar surface area (TPSA) is 62.9 Å². The number of hydrogen-bond donors (Lipinski definition) is 1. The largest absolute Gasteiger partial charge is 0.493 e. The van der Waals surface area contributed by atoms with Gasteiger partial charge in [0.1, 0.15) is 0 Å². The first-order valence-electron chi connectivity index (χ1n) is 7.31. The molecule has 0 aromatic heterocycles. The van der Waals surface area contributed by atoms with Gasteiger partial charge in [0, 0.05) is 6.04 Å². The molecule has 1 atom stereocenters. The first-order valence-corrected chi connectivity index (χ1v) is 7.31. The number of hydrogen-bond acceptors (Lipinski definition) is 5. The third-order valence-electron chi connectivity index (χ3n) is 3.74. The van der Waals surface area contributed by atoms with E-state index in [4.69, 9.17) is 24.7 Å². The molecule has 5 nitrogen and oxygen atoms in total. The molecule has 0 aliphatic carbocycles. The standard InChI is InChI=1S/C18H23NO4/c1-20-15-7-5-12(10-17(15)22-3)9-14(19)13-6-8-16(21-2)18(11-13)23-4/h5-8,10-11,14H,9,19H2,1-4H3/t14-/m1/s1. The van der Waals surface area contributed by atoms with Gasteiger partial charge in [-0.2, -0.15) is 0 Å². The zero-order valence-electron chi connectivity index (χ0n) is 14.0. The fraction of sp³-hybridized carbons (Fsp3) is 0.333. The summed E-state index contributed by atoms with van der Waals surface area (Å²) in [5, 5.41) is 0. The molecule has 0 fully saturated rings. The second-order valence-corrected chi connectivity index (χ2v) is 5.11. The fourth-order valence-corrected chi connectivity index (χ4v) is 2.46. The lowest BCUT2D eigenvalue weighted by Gasteiger charge is -2.16. The molecule has 0 heterocycles. The lowest BCUT2D eigenvalue weighted by Crippen LogP contribution is -2.13. The van der Waals surface area contributed by atoms with Gasteiger partial charge in [0.25, 0.3) is 0 Å². The highest BCUT2D eigenvalue weighted by atomic mass is 16.5. The molecular formula is C18H23NO4. The van der Waals surface area contributed by atoms with Crippen LogP contribution in [0.2, 0.25) is 0 Å². The number of nitrogens with two attached hydrogens (primary N) is 1. The summed E-state index contributed by atoms with van der Waals surface area (Å²) >= 11 is 0. The molecule has 5 heteroatoms. The molecule has 0 aliphatic rings. The number of ether oxygens (including phenoxy) is 4. The molecule has 124 valence electrons. The highest BCUT2D eigenvalue weighted by molar-refractivity contribution is 5.45. The molecule has 0 saturated heterocycles. The van der Waals surface area contributed by atoms with Crippen LogP contribution < -0.4 is 24.7 Å². The van der Waals surface area contributed by atoms with E-state index in [1.807, 2.05) is 36.4 Å². The van der Waals surface area contributed by atoms with E-state index < -0.39 is 0 Å². The zero-order valence-corrected chi connectivity index (χ0v) is 14.0. The lowest BCUT2D eigenvalue weighted by molar-refractivity contribution is 0.354. The first kappa shape index (κ1) is 17.0. The molecule has 0 radical (unpaired) electrons. The van der Waals surface area contributed by atoms with E-state index in [0.29, 0.717) is 29.4 Å². The van der Waals surface area contributed by atoms with Gasteiger partial charge in [-0.25, -0.2) is 0 Å². The summed E-state index contributed by atoms with van der Waals surface area (Å²) in [6.45, 7) is 0. The van der Waals surface area contributed by atoms with E-state index in [1.54, 1.807) is 28.4 Å². The van der Waals surface area contributed by atoms with Crippen molar-refractivity contribution >= 4 is 0 Å². The Labute approximate surface area is 136 Å². The van der Waals surface area contributed by atoms with Crippen molar-refractivity contribution in [3.63, 3.8) is 0 Å². The van der Waals surface area contributed by atoms with Gasteiger partial charge in [0.2, 0.25) is 0 Å². The average Bonchev–Trinajstić information content (AvgIpc) is 2.60. The van der Waals surface area contributed by atoms with Crippen LogP contribution in [0.3, 0.4) is 0 Å². The summed E-state index contributed by atoms with van der Waals surface area (Å²) in [6.07, 6.45) is 0.676. The summed E-state index contributed by atoms with van der Waals surface area (Å²) in [6, 6.07) is 11.4. The maximum atomic E-state index is 6.34. The van der Waals surface area contributed by atoms with Crippen molar-refractivity contribution in [2.45, 2.75) is 12.5 Å². The summed E-state index contributed by atoms with van der Waals surface area (Å²) in [5.74, 6) is 2.77.